The number of carbonyl (C=O) groups excluding carboxylic acids is 2. The Morgan fingerprint density at radius 3 is 2.65 bits per heavy atom. The van der Waals surface area contributed by atoms with Crippen LogP contribution >= 0.6 is 0 Å². The maximum absolute atomic E-state index is 11.9. The molecular weight excluding hydrogens is 260 g/mol. The molecule has 0 saturated carbocycles. The fourth-order valence-corrected chi connectivity index (χ4v) is 1.50. The van der Waals surface area contributed by atoms with E-state index >= 15 is 0 Å². The number of hydrogen-bond donors (Lipinski definition) is 3. The Labute approximate surface area is 116 Å². The third-order valence-electron chi connectivity index (χ3n) is 2.37. The number of benzene rings is 1. The fourth-order valence-electron chi connectivity index (χ4n) is 1.50. The van der Waals surface area contributed by atoms with Gasteiger partial charge in [-0.25, -0.2) is 4.79 Å². The zero-order chi connectivity index (χ0) is 15.1. The van der Waals surface area contributed by atoms with Crippen molar-refractivity contribution in [2.24, 2.45) is 0 Å². The SMILES string of the molecule is C#CC[C@@H](NC(=O)c1cccc(NC(C)=O)c1)C(=O)O. The molecule has 0 aliphatic rings. The van der Waals surface area contributed by atoms with Crippen LogP contribution in [-0.4, -0.2) is 28.9 Å². The molecule has 1 aromatic rings. The summed E-state index contributed by atoms with van der Waals surface area (Å²) in [6, 6.07) is 5.02. The number of hydrogen-bond acceptors (Lipinski definition) is 3. The first kappa shape index (κ1) is 15.2. The molecular formula is C14H14N2O4. The summed E-state index contributed by atoms with van der Waals surface area (Å²) in [5, 5.41) is 13.8. The number of carbonyl (C=O) groups is 3. The quantitative estimate of drug-likeness (QED) is 0.694. The highest BCUT2D eigenvalue weighted by Gasteiger charge is 2.19. The highest BCUT2D eigenvalue weighted by atomic mass is 16.4. The number of terminal acetylenes is 1. The molecule has 1 rings (SSSR count). The van der Waals surface area contributed by atoms with E-state index in [4.69, 9.17) is 11.5 Å². The average Bonchev–Trinajstić information content (AvgIpc) is 2.37. The van der Waals surface area contributed by atoms with Crippen molar-refractivity contribution < 1.29 is 19.5 Å². The molecule has 0 fully saturated rings. The van der Waals surface area contributed by atoms with Gasteiger partial charge in [-0.2, -0.15) is 0 Å². The van der Waals surface area contributed by atoms with Gasteiger partial charge in [-0.05, 0) is 18.2 Å². The third kappa shape index (κ3) is 4.46. The number of nitrogens with one attached hydrogen (secondary N) is 2. The van der Waals surface area contributed by atoms with Crippen molar-refractivity contribution in [3.63, 3.8) is 0 Å². The fraction of sp³-hybridized carbons (Fsp3) is 0.214. The van der Waals surface area contributed by atoms with Crippen LogP contribution in [0.2, 0.25) is 0 Å². The molecule has 0 saturated heterocycles. The summed E-state index contributed by atoms with van der Waals surface area (Å²) in [6.07, 6.45) is 4.94. The number of anilines is 1. The standard InChI is InChI=1S/C14H14N2O4/c1-3-5-12(14(19)20)16-13(18)10-6-4-7-11(8-10)15-9(2)17/h1,4,6-8,12H,5H2,2H3,(H,15,17)(H,16,18)(H,19,20)/t12-/m1/s1. The van der Waals surface area contributed by atoms with E-state index in [0.29, 0.717) is 5.69 Å². The van der Waals surface area contributed by atoms with E-state index < -0.39 is 17.9 Å². The van der Waals surface area contributed by atoms with E-state index in [-0.39, 0.29) is 17.9 Å². The topological polar surface area (TPSA) is 95.5 Å². The molecule has 1 aromatic carbocycles. The van der Waals surface area contributed by atoms with Gasteiger partial charge in [0.15, 0.2) is 0 Å². The first-order chi connectivity index (χ1) is 9.43. The summed E-state index contributed by atoms with van der Waals surface area (Å²) in [7, 11) is 0. The second-order valence-electron chi connectivity index (χ2n) is 4.03. The lowest BCUT2D eigenvalue weighted by Crippen LogP contribution is -2.40. The number of rotatable bonds is 5. The smallest absolute Gasteiger partial charge is 0.327 e. The van der Waals surface area contributed by atoms with Crippen LogP contribution in [0.15, 0.2) is 24.3 Å². The van der Waals surface area contributed by atoms with E-state index in [1.165, 1.54) is 19.1 Å². The zero-order valence-corrected chi connectivity index (χ0v) is 10.8. The van der Waals surface area contributed by atoms with Gasteiger partial charge in [-0.3, -0.25) is 9.59 Å². The summed E-state index contributed by atoms with van der Waals surface area (Å²) in [4.78, 5) is 33.8. The molecule has 3 N–H and O–H groups in total. The Kier molecular flexibility index (Phi) is 5.30. The predicted molar refractivity (Wildman–Crippen MR) is 73.1 cm³/mol. The maximum atomic E-state index is 11.9. The molecule has 104 valence electrons. The van der Waals surface area contributed by atoms with Crippen molar-refractivity contribution in [3.05, 3.63) is 29.8 Å². The van der Waals surface area contributed by atoms with Gasteiger partial charge in [-0.15, -0.1) is 12.3 Å². The highest BCUT2D eigenvalue weighted by molar-refractivity contribution is 5.98. The minimum absolute atomic E-state index is 0.105. The summed E-state index contributed by atoms with van der Waals surface area (Å²) < 4.78 is 0. The van der Waals surface area contributed by atoms with Crippen LogP contribution in [-0.2, 0) is 9.59 Å². The molecule has 2 amide bonds. The minimum atomic E-state index is -1.20. The molecule has 0 heterocycles. The van der Waals surface area contributed by atoms with Crippen LogP contribution in [0.25, 0.3) is 0 Å². The van der Waals surface area contributed by atoms with E-state index in [2.05, 4.69) is 16.6 Å². The maximum Gasteiger partial charge on any atom is 0.327 e. The molecule has 0 aromatic heterocycles. The van der Waals surface area contributed by atoms with Crippen LogP contribution in [0.5, 0.6) is 0 Å². The van der Waals surface area contributed by atoms with Gasteiger partial charge < -0.3 is 15.7 Å². The van der Waals surface area contributed by atoms with Gasteiger partial charge in [0.1, 0.15) is 6.04 Å². The number of carboxylic acids is 1. The lowest BCUT2D eigenvalue weighted by Gasteiger charge is -2.12. The van der Waals surface area contributed by atoms with E-state index in [1.807, 2.05) is 0 Å². The van der Waals surface area contributed by atoms with Gasteiger partial charge in [0, 0.05) is 24.6 Å². The molecule has 0 aliphatic heterocycles. The molecule has 6 nitrogen and oxygen atoms in total. The Hall–Kier alpha value is -2.81. The van der Waals surface area contributed by atoms with Gasteiger partial charge in [-0.1, -0.05) is 6.07 Å². The second-order valence-corrected chi connectivity index (χ2v) is 4.03. The second kappa shape index (κ2) is 6.95. The van der Waals surface area contributed by atoms with Crippen molar-refractivity contribution in [3.8, 4) is 12.3 Å². The van der Waals surface area contributed by atoms with Crippen LogP contribution in [0.3, 0.4) is 0 Å². The largest absolute Gasteiger partial charge is 0.480 e. The minimum Gasteiger partial charge on any atom is -0.480 e. The van der Waals surface area contributed by atoms with Crippen molar-refractivity contribution in [1.29, 1.82) is 0 Å². The Balaban J connectivity index is 2.84. The molecule has 0 radical (unpaired) electrons. The van der Waals surface area contributed by atoms with Crippen molar-refractivity contribution >= 4 is 23.5 Å². The average molecular weight is 274 g/mol. The van der Waals surface area contributed by atoms with Gasteiger partial charge in [0.25, 0.3) is 5.91 Å². The molecule has 0 aliphatic carbocycles. The summed E-state index contributed by atoms with van der Waals surface area (Å²) in [5.41, 5.74) is 0.688. The molecule has 0 unspecified atom stereocenters. The third-order valence-corrected chi connectivity index (χ3v) is 2.37. The lowest BCUT2D eigenvalue weighted by atomic mass is 10.1. The van der Waals surface area contributed by atoms with E-state index in [1.54, 1.807) is 12.1 Å². The summed E-state index contributed by atoms with van der Waals surface area (Å²) in [6.45, 7) is 1.35. The van der Waals surface area contributed by atoms with Crippen molar-refractivity contribution in [2.45, 2.75) is 19.4 Å². The molecule has 20 heavy (non-hydrogen) atoms. The van der Waals surface area contributed by atoms with Crippen LogP contribution in [0.1, 0.15) is 23.7 Å². The number of carboxylic acid groups (broad SMARTS) is 1. The van der Waals surface area contributed by atoms with Crippen LogP contribution in [0, 0.1) is 12.3 Å². The predicted octanol–water partition coefficient (Wildman–Crippen LogP) is 0.851. The normalized spacial score (nSPS) is 11.0. The molecule has 6 heteroatoms. The molecule has 0 spiro atoms. The zero-order valence-electron chi connectivity index (χ0n) is 10.8. The van der Waals surface area contributed by atoms with Crippen molar-refractivity contribution in [1.82, 2.24) is 5.32 Å². The lowest BCUT2D eigenvalue weighted by molar-refractivity contribution is -0.139. The molecule has 1 atom stereocenters. The number of aliphatic carboxylic acids is 1. The first-order valence-corrected chi connectivity index (χ1v) is 5.79. The number of amides is 2. The van der Waals surface area contributed by atoms with Crippen LogP contribution in [0.4, 0.5) is 5.69 Å². The highest BCUT2D eigenvalue weighted by Crippen LogP contribution is 2.11. The van der Waals surface area contributed by atoms with Crippen molar-refractivity contribution in [2.75, 3.05) is 5.32 Å². The molecule has 0 bridgehead atoms. The van der Waals surface area contributed by atoms with Gasteiger partial charge in [0.2, 0.25) is 5.91 Å². The van der Waals surface area contributed by atoms with E-state index in [9.17, 15) is 14.4 Å². The van der Waals surface area contributed by atoms with Gasteiger partial charge >= 0.3 is 5.97 Å². The summed E-state index contributed by atoms with van der Waals surface area (Å²) >= 11 is 0. The first-order valence-electron chi connectivity index (χ1n) is 5.79. The monoisotopic (exact) mass is 274 g/mol. The summed E-state index contributed by atoms with van der Waals surface area (Å²) in [5.74, 6) is 0.156. The Morgan fingerprint density at radius 2 is 2.10 bits per heavy atom. The van der Waals surface area contributed by atoms with E-state index in [0.717, 1.165) is 0 Å². The Morgan fingerprint density at radius 1 is 1.40 bits per heavy atom. The van der Waals surface area contributed by atoms with Gasteiger partial charge in [0.05, 0.1) is 0 Å². The van der Waals surface area contributed by atoms with Crippen LogP contribution < -0.4 is 10.6 Å². The Bertz CT molecular complexity index is 575.